The molecule has 0 spiro atoms. The van der Waals surface area contributed by atoms with Crippen LogP contribution in [0.4, 0.5) is 4.79 Å². The van der Waals surface area contributed by atoms with Crippen LogP contribution in [-0.4, -0.2) is 42.3 Å². The Hall–Kier alpha value is -0.770. The van der Waals surface area contributed by atoms with Crippen molar-refractivity contribution in [2.45, 2.75) is 31.5 Å². The summed E-state index contributed by atoms with van der Waals surface area (Å²) in [5.74, 6) is 0.626. The molecule has 0 aromatic heterocycles. The second-order valence-electron chi connectivity index (χ2n) is 4.19. The average molecular weight is 182 g/mol. The van der Waals surface area contributed by atoms with E-state index < -0.39 is 0 Å². The number of piperidine rings is 1. The molecule has 4 atom stereocenters. The number of alkyl carbamates (subject to hydrolysis) is 1. The van der Waals surface area contributed by atoms with Gasteiger partial charge in [0.2, 0.25) is 0 Å². The summed E-state index contributed by atoms with van der Waals surface area (Å²) in [5, 5.41) is 2.93. The van der Waals surface area contributed by atoms with E-state index in [-0.39, 0.29) is 12.2 Å². The standard InChI is InChI=1S/C9H14N2O2/c1-2-11-4-5-3-6-8(11)7(5)10-9(12)13-6/h5-8H,2-4H2,1H3,(H,10,12). The Morgan fingerprint density at radius 3 is 3.23 bits per heavy atom. The van der Waals surface area contributed by atoms with Crippen molar-refractivity contribution in [2.75, 3.05) is 13.1 Å². The molecule has 13 heavy (non-hydrogen) atoms. The highest BCUT2D eigenvalue weighted by atomic mass is 16.6. The molecule has 1 amide bonds. The molecule has 3 aliphatic rings. The van der Waals surface area contributed by atoms with Crippen molar-refractivity contribution in [2.24, 2.45) is 5.92 Å². The molecular weight excluding hydrogens is 168 g/mol. The maximum atomic E-state index is 11.1. The van der Waals surface area contributed by atoms with E-state index in [1.165, 1.54) is 0 Å². The lowest BCUT2D eigenvalue weighted by atomic mass is 10.1. The van der Waals surface area contributed by atoms with E-state index in [2.05, 4.69) is 17.1 Å². The van der Waals surface area contributed by atoms with Crippen molar-refractivity contribution in [3.05, 3.63) is 0 Å². The lowest BCUT2D eigenvalue weighted by molar-refractivity contribution is 0.0170. The van der Waals surface area contributed by atoms with Crippen LogP contribution in [0.15, 0.2) is 0 Å². The largest absolute Gasteiger partial charge is 0.444 e. The van der Waals surface area contributed by atoms with Crippen LogP contribution in [-0.2, 0) is 4.74 Å². The Balaban J connectivity index is 1.89. The minimum Gasteiger partial charge on any atom is -0.444 e. The molecule has 2 saturated heterocycles. The molecule has 2 heterocycles. The molecule has 3 fully saturated rings. The smallest absolute Gasteiger partial charge is 0.407 e. The fourth-order valence-electron chi connectivity index (χ4n) is 3.14. The first-order valence-corrected chi connectivity index (χ1v) is 5.01. The van der Waals surface area contributed by atoms with Gasteiger partial charge in [-0.15, -0.1) is 0 Å². The van der Waals surface area contributed by atoms with Gasteiger partial charge < -0.3 is 10.1 Å². The predicted octanol–water partition coefficient (Wildman–Crippen LogP) is 0.187. The minimum absolute atomic E-state index is 0.164. The van der Waals surface area contributed by atoms with Gasteiger partial charge in [-0.3, -0.25) is 4.90 Å². The number of hydrogen-bond acceptors (Lipinski definition) is 3. The van der Waals surface area contributed by atoms with Crippen LogP contribution in [0.1, 0.15) is 13.3 Å². The van der Waals surface area contributed by atoms with E-state index in [4.69, 9.17) is 4.74 Å². The van der Waals surface area contributed by atoms with Gasteiger partial charge in [-0.2, -0.15) is 0 Å². The summed E-state index contributed by atoms with van der Waals surface area (Å²) in [7, 11) is 0. The van der Waals surface area contributed by atoms with Gasteiger partial charge in [-0.05, 0) is 18.9 Å². The van der Waals surface area contributed by atoms with Crippen LogP contribution >= 0.6 is 0 Å². The summed E-state index contributed by atoms with van der Waals surface area (Å²) < 4.78 is 5.25. The Labute approximate surface area is 77.2 Å². The SMILES string of the molecule is CCN1CC2CC3OC(=O)NC2C31. The topological polar surface area (TPSA) is 41.6 Å². The minimum atomic E-state index is -0.216. The Morgan fingerprint density at radius 2 is 2.54 bits per heavy atom. The van der Waals surface area contributed by atoms with Crippen molar-refractivity contribution in [3.63, 3.8) is 0 Å². The van der Waals surface area contributed by atoms with Crippen molar-refractivity contribution < 1.29 is 9.53 Å². The van der Waals surface area contributed by atoms with Crippen molar-refractivity contribution in [1.29, 1.82) is 0 Å². The summed E-state index contributed by atoms with van der Waals surface area (Å²) in [6.07, 6.45) is 1.01. The Morgan fingerprint density at radius 1 is 1.69 bits per heavy atom. The summed E-state index contributed by atoms with van der Waals surface area (Å²) in [6, 6.07) is 0.818. The fraction of sp³-hybridized carbons (Fsp3) is 0.889. The number of likely N-dealkylation sites (tertiary alicyclic amines) is 1. The van der Waals surface area contributed by atoms with Crippen LogP contribution in [0.25, 0.3) is 0 Å². The molecule has 2 aliphatic heterocycles. The van der Waals surface area contributed by atoms with Crippen molar-refractivity contribution in [3.8, 4) is 0 Å². The van der Waals surface area contributed by atoms with Crippen LogP contribution in [0.3, 0.4) is 0 Å². The first-order chi connectivity index (χ1) is 6.29. The third kappa shape index (κ3) is 0.866. The number of carbonyl (C=O) groups is 1. The summed E-state index contributed by atoms with van der Waals surface area (Å²) >= 11 is 0. The first kappa shape index (κ1) is 7.62. The quantitative estimate of drug-likeness (QED) is 0.629. The second kappa shape index (κ2) is 2.38. The normalized spacial score (nSPS) is 47.6. The Bertz CT molecular complexity index is 256. The number of nitrogens with one attached hydrogen (secondary N) is 1. The summed E-state index contributed by atoms with van der Waals surface area (Å²) in [5.41, 5.74) is 0. The summed E-state index contributed by atoms with van der Waals surface area (Å²) in [4.78, 5) is 13.5. The van der Waals surface area contributed by atoms with E-state index in [1.807, 2.05) is 0 Å². The zero-order chi connectivity index (χ0) is 9.00. The van der Waals surface area contributed by atoms with Gasteiger partial charge in [0, 0.05) is 6.54 Å². The van der Waals surface area contributed by atoms with Crippen LogP contribution < -0.4 is 5.32 Å². The van der Waals surface area contributed by atoms with Gasteiger partial charge in [0.1, 0.15) is 6.10 Å². The van der Waals surface area contributed by atoms with Gasteiger partial charge in [-0.1, -0.05) is 6.92 Å². The molecule has 1 aliphatic carbocycles. The number of carbonyl (C=O) groups excluding carboxylic acids is 1. The van der Waals surface area contributed by atoms with E-state index >= 15 is 0 Å². The highest BCUT2D eigenvalue weighted by molar-refractivity contribution is 5.70. The van der Waals surface area contributed by atoms with E-state index in [9.17, 15) is 4.79 Å². The molecule has 4 nitrogen and oxygen atoms in total. The lowest BCUT2D eigenvalue weighted by Gasteiger charge is -2.34. The van der Waals surface area contributed by atoms with Gasteiger partial charge >= 0.3 is 6.09 Å². The average Bonchev–Trinajstić information content (AvgIpc) is 2.55. The maximum absolute atomic E-state index is 11.1. The van der Waals surface area contributed by atoms with Gasteiger partial charge in [-0.25, -0.2) is 4.79 Å². The van der Waals surface area contributed by atoms with Crippen LogP contribution in [0.5, 0.6) is 0 Å². The molecule has 4 heteroatoms. The predicted molar refractivity (Wildman–Crippen MR) is 46.3 cm³/mol. The van der Waals surface area contributed by atoms with Gasteiger partial charge in [0.05, 0.1) is 12.1 Å². The lowest BCUT2D eigenvalue weighted by Crippen LogP contribution is -2.54. The first-order valence-electron chi connectivity index (χ1n) is 5.01. The van der Waals surface area contributed by atoms with Gasteiger partial charge in [0.25, 0.3) is 0 Å². The number of hydrogen-bond donors (Lipinski definition) is 1. The van der Waals surface area contributed by atoms with Crippen LogP contribution in [0.2, 0.25) is 0 Å². The molecule has 0 aromatic carbocycles. The van der Waals surface area contributed by atoms with Crippen molar-refractivity contribution in [1.82, 2.24) is 10.2 Å². The third-order valence-corrected chi connectivity index (χ3v) is 3.63. The number of ether oxygens (including phenoxy) is 1. The monoisotopic (exact) mass is 182 g/mol. The number of nitrogens with zero attached hydrogens (tertiary/aromatic N) is 1. The number of rotatable bonds is 1. The molecule has 4 unspecified atom stereocenters. The molecule has 1 N–H and O–H groups in total. The second-order valence-corrected chi connectivity index (χ2v) is 4.19. The molecule has 1 saturated carbocycles. The van der Waals surface area contributed by atoms with E-state index in [1.54, 1.807) is 0 Å². The van der Waals surface area contributed by atoms with Gasteiger partial charge in [0.15, 0.2) is 0 Å². The molecule has 4 bridgehead atoms. The summed E-state index contributed by atoms with van der Waals surface area (Å²) in [6.45, 7) is 4.36. The number of likely N-dealkylation sites (N-methyl/N-ethyl adjacent to an activating group) is 1. The zero-order valence-corrected chi connectivity index (χ0v) is 7.69. The van der Waals surface area contributed by atoms with E-state index in [0.717, 1.165) is 19.5 Å². The fourth-order valence-corrected chi connectivity index (χ4v) is 3.14. The van der Waals surface area contributed by atoms with Crippen molar-refractivity contribution >= 4 is 6.09 Å². The molecule has 0 radical (unpaired) electrons. The third-order valence-electron chi connectivity index (χ3n) is 3.63. The molecule has 3 rings (SSSR count). The zero-order valence-electron chi connectivity index (χ0n) is 7.69. The molecule has 0 aromatic rings. The highest BCUT2D eigenvalue weighted by Crippen LogP contribution is 2.41. The number of amides is 1. The van der Waals surface area contributed by atoms with Crippen LogP contribution in [0, 0.1) is 5.92 Å². The molecular formula is C9H14N2O2. The molecule has 72 valence electrons. The van der Waals surface area contributed by atoms with E-state index in [0.29, 0.717) is 18.0 Å². The Kier molecular flexibility index (Phi) is 1.39. The highest BCUT2D eigenvalue weighted by Gasteiger charge is 2.56. The maximum Gasteiger partial charge on any atom is 0.407 e.